The summed E-state index contributed by atoms with van der Waals surface area (Å²) in [6.07, 6.45) is 1.42. The maximum Gasteiger partial charge on any atom is 0.262 e. The number of hydrogen-bond donors (Lipinski definition) is 3. The van der Waals surface area contributed by atoms with Crippen LogP contribution in [0.2, 0.25) is 5.02 Å². The van der Waals surface area contributed by atoms with Crippen molar-refractivity contribution < 1.29 is 19.1 Å². The molecule has 1 atom stereocenters. The summed E-state index contributed by atoms with van der Waals surface area (Å²) in [5.41, 5.74) is 8.47. The molecule has 1 unspecified atom stereocenters. The molecular weight excluding hydrogens is 408 g/mol. The van der Waals surface area contributed by atoms with Gasteiger partial charge in [-0.15, -0.1) is 0 Å². The second-order valence-corrected chi connectivity index (χ2v) is 7.20. The molecule has 2 aromatic carbocycles. The van der Waals surface area contributed by atoms with Gasteiger partial charge < -0.3 is 15.8 Å². The Kier molecular flexibility index (Phi) is 8.37. The standard InChI is InChI=1S/C21H23ClN4O4/c1-13(2)19(25-20(28)15-6-4-7-16(22)10-15)21(29)26-24-11-14-5-3-8-17(9-14)30-12-18(23)27/h3-11,13,19H,12H2,1-2H3,(H2,23,27)(H,25,28)(H,26,29)/b24-11+. The quantitative estimate of drug-likeness (QED) is 0.416. The number of benzene rings is 2. The van der Waals surface area contributed by atoms with Crippen LogP contribution in [0.25, 0.3) is 0 Å². The van der Waals surface area contributed by atoms with Crippen molar-refractivity contribution in [2.45, 2.75) is 19.9 Å². The summed E-state index contributed by atoms with van der Waals surface area (Å²) in [6.45, 7) is 3.39. The van der Waals surface area contributed by atoms with Crippen molar-refractivity contribution in [1.29, 1.82) is 0 Å². The number of nitrogens with two attached hydrogens (primary N) is 1. The van der Waals surface area contributed by atoms with Crippen molar-refractivity contribution in [3.63, 3.8) is 0 Å². The lowest BCUT2D eigenvalue weighted by Crippen LogP contribution is -2.48. The van der Waals surface area contributed by atoms with Crippen molar-refractivity contribution >= 4 is 35.5 Å². The molecule has 30 heavy (non-hydrogen) atoms. The van der Waals surface area contributed by atoms with Gasteiger partial charge in [0.05, 0.1) is 6.21 Å². The van der Waals surface area contributed by atoms with E-state index in [0.717, 1.165) is 0 Å². The lowest BCUT2D eigenvalue weighted by atomic mass is 10.0. The van der Waals surface area contributed by atoms with E-state index in [-0.39, 0.29) is 12.5 Å². The fourth-order valence-electron chi connectivity index (χ4n) is 2.47. The van der Waals surface area contributed by atoms with Crippen LogP contribution in [0.3, 0.4) is 0 Å². The summed E-state index contributed by atoms with van der Waals surface area (Å²) in [4.78, 5) is 35.7. The minimum atomic E-state index is -0.793. The van der Waals surface area contributed by atoms with Gasteiger partial charge in [0.25, 0.3) is 17.7 Å². The van der Waals surface area contributed by atoms with Crippen LogP contribution >= 0.6 is 11.6 Å². The van der Waals surface area contributed by atoms with Crippen LogP contribution in [0.15, 0.2) is 53.6 Å². The average Bonchev–Trinajstić information content (AvgIpc) is 2.70. The Bertz CT molecular complexity index is 946. The molecular formula is C21H23ClN4O4. The Labute approximate surface area is 179 Å². The number of hydrogen-bond acceptors (Lipinski definition) is 5. The van der Waals surface area contributed by atoms with Crippen molar-refractivity contribution in [2.75, 3.05) is 6.61 Å². The minimum absolute atomic E-state index is 0.172. The van der Waals surface area contributed by atoms with Crippen molar-refractivity contribution in [1.82, 2.24) is 10.7 Å². The van der Waals surface area contributed by atoms with Gasteiger partial charge >= 0.3 is 0 Å². The molecule has 0 aromatic heterocycles. The molecule has 9 heteroatoms. The predicted molar refractivity (Wildman–Crippen MR) is 114 cm³/mol. The number of halogens is 1. The number of hydrazone groups is 1. The van der Waals surface area contributed by atoms with E-state index in [9.17, 15) is 14.4 Å². The van der Waals surface area contributed by atoms with Crippen LogP contribution in [0.1, 0.15) is 29.8 Å². The van der Waals surface area contributed by atoms with E-state index in [1.165, 1.54) is 12.3 Å². The first-order chi connectivity index (χ1) is 14.3. The molecule has 0 heterocycles. The zero-order valence-corrected chi connectivity index (χ0v) is 17.3. The van der Waals surface area contributed by atoms with Crippen LogP contribution in [0, 0.1) is 5.92 Å². The third-order valence-corrected chi connectivity index (χ3v) is 4.19. The van der Waals surface area contributed by atoms with Gasteiger partial charge in [0.15, 0.2) is 6.61 Å². The molecule has 0 radical (unpaired) electrons. The molecule has 0 aliphatic rings. The van der Waals surface area contributed by atoms with Crippen LogP contribution in [0.4, 0.5) is 0 Å². The summed E-state index contributed by atoms with van der Waals surface area (Å²) in [6, 6.07) is 12.4. The largest absolute Gasteiger partial charge is 0.484 e. The first-order valence-electron chi connectivity index (χ1n) is 9.16. The molecule has 0 aliphatic carbocycles. The van der Waals surface area contributed by atoms with E-state index >= 15 is 0 Å². The predicted octanol–water partition coefficient (Wildman–Crippen LogP) is 2.11. The fraction of sp³-hybridized carbons (Fsp3) is 0.238. The van der Waals surface area contributed by atoms with Gasteiger partial charge in [-0.05, 0) is 41.8 Å². The maximum atomic E-state index is 12.5. The monoisotopic (exact) mass is 430 g/mol. The van der Waals surface area contributed by atoms with E-state index in [2.05, 4.69) is 15.8 Å². The highest BCUT2D eigenvalue weighted by atomic mass is 35.5. The Balaban J connectivity index is 1.99. The number of primary amides is 1. The minimum Gasteiger partial charge on any atom is -0.484 e. The molecule has 4 N–H and O–H groups in total. The first-order valence-corrected chi connectivity index (χ1v) is 9.54. The van der Waals surface area contributed by atoms with E-state index in [1.807, 2.05) is 13.8 Å². The Hall–Kier alpha value is -3.39. The number of nitrogens with zero attached hydrogens (tertiary/aromatic N) is 1. The van der Waals surface area contributed by atoms with E-state index in [0.29, 0.717) is 21.9 Å². The number of amides is 3. The molecule has 0 spiro atoms. The average molecular weight is 431 g/mol. The zero-order valence-electron chi connectivity index (χ0n) is 16.6. The van der Waals surface area contributed by atoms with Gasteiger partial charge in [0, 0.05) is 10.6 Å². The third-order valence-electron chi connectivity index (χ3n) is 3.95. The van der Waals surface area contributed by atoms with Gasteiger partial charge in [-0.2, -0.15) is 5.10 Å². The summed E-state index contributed by atoms with van der Waals surface area (Å²) in [5.74, 6) is -1.18. The van der Waals surface area contributed by atoms with Crippen molar-refractivity contribution in [2.24, 2.45) is 16.8 Å². The summed E-state index contributed by atoms with van der Waals surface area (Å²) in [7, 11) is 0. The lowest BCUT2D eigenvalue weighted by molar-refractivity contribution is -0.124. The molecule has 158 valence electrons. The molecule has 2 aromatic rings. The molecule has 0 saturated heterocycles. The Morgan fingerprint density at radius 2 is 1.90 bits per heavy atom. The van der Waals surface area contributed by atoms with Gasteiger partial charge in [-0.1, -0.05) is 43.6 Å². The maximum absolute atomic E-state index is 12.5. The highest BCUT2D eigenvalue weighted by Crippen LogP contribution is 2.13. The number of carbonyl (C=O) groups is 3. The summed E-state index contributed by atoms with van der Waals surface area (Å²) in [5, 5.41) is 7.06. The highest BCUT2D eigenvalue weighted by molar-refractivity contribution is 6.31. The molecule has 3 amide bonds. The second kappa shape index (κ2) is 11.0. The number of carbonyl (C=O) groups excluding carboxylic acids is 3. The van der Waals surface area contributed by atoms with Gasteiger partial charge in [-0.3, -0.25) is 14.4 Å². The highest BCUT2D eigenvalue weighted by Gasteiger charge is 2.24. The summed E-state index contributed by atoms with van der Waals surface area (Å²) < 4.78 is 5.22. The lowest BCUT2D eigenvalue weighted by Gasteiger charge is -2.20. The van der Waals surface area contributed by atoms with Gasteiger partial charge in [0.1, 0.15) is 11.8 Å². The van der Waals surface area contributed by atoms with E-state index < -0.39 is 23.8 Å². The fourth-order valence-corrected chi connectivity index (χ4v) is 2.66. The van der Waals surface area contributed by atoms with Crippen LogP contribution in [-0.2, 0) is 9.59 Å². The normalized spacial score (nSPS) is 11.9. The first kappa shape index (κ1) is 22.9. The number of rotatable bonds is 9. The molecule has 2 rings (SSSR count). The molecule has 0 bridgehead atoms. The van der Waals surface area contributed by atoms with Crippen LogP contribution < -0.4 is 21.2 Å². The Morgan fingerprint density at radius 3 is 2.57 bits per heavy atom. The zero-order chi connectivity index (χ0) is 22.1. The summed E-state index contributed by atoms with van der Waals surface area (Å²) >= 11 is 5.91. The van der Waals surface area contributed by atoms with E-state index in [4.69, 9.17) is 22.1 Å². The SMILES string of the molecule is CC(C)C(NC(=O)c1cccc(Cl)c1)C(=O)N/N=C/c1cccc(OCC(N)=O)c1. The number of nitrogens with one attached hydrogen (secondary N) is 2. The third kappa shape index (κ3) is 7.21. The second-order valence-electron chi connectivity index (χ2n) is 6.77. The van der Waals surface area contributed by atoms with Crippen molar-refractivity contribution in [3.05, 3.63) is 64.7 Å². The smallest absolute Gasteiger partial charge is 0.262 e. The Morgan fingerprint density at radius 1 is 1.17 bits per heavy atom. The topological polar surface area (TPSA) is 123 Å². The molecule has 0 fully saturated rings. The van der Waals surface area contributed by atoms with Crippen molar-refractivity contribution in [3.8, 4) is 5.75 Å². The number of ether oxygens (including phenoxy) is 1. The molecule has 8 nitrogen and oxygen atoms in total. The van der Waals surface area contributed by atoms with Gasteiger partial charge in [-0.25, -0.2) is 5.43 Å². The molecule has 0 aliphatic heterocycles. The van der Waals surface area contributed by atoms with Crippen LogP contribution in [-0.4, -0.2) is 36.6 Å². The van der Waals surface area contributed by atoms with E-state index in [1.54, 1.807) is 42.5 Å². The van der Waals surface area contributed by atoms with Crippen LogP contribution in [0.5, 0.6) is 5.75 Å². The molecule has 0 saturated carbocycles. The van der Waals surface area contributed by atoms with Gasteiger partial charge in [0.2, 0.25) is 0 Å².